The molecule has 0 aromatic rings. The van der Waals surface area contributed by atoms with Crippen LogP contribution in [0.15, 0.2) is 23.6 Å². The first-order valence-electron chi connectivity index (χ1n) is 6.25. The number of amides is 1. The second-order valence-electron chi connectivity index (χ2n) is 4.92. The summed E-state index contributed by atoms with van der Waals surface area (Å²) >= 11 is 0. The lowest BCUT2D eigenvalue weighted by molar-refractivity contribution is -0.189. The lowest BCUT2D eigenvalue weighted by atomic mass is 9.89. The van der Waals surface area contributed by atoms with Crippen molar-refractivity contribution in [3.05, 3.63) is 23.6 Å². The van der Waals surface area contributed by atoms with E-state index in [2.05, 4.69) is 0 Å². The molecule has 0 aliphatic carbocycles. The van der Waals surface area contributed by atoms with Crippen molar-refractivity contribution in [2.24, 2.45) is 11.8 Å². The van der Waals surface area contributed by atoms with Crippen molar-refractivity contribution in [1.29, 1.82) is 0 Å². The van der Waals surface area contributed by atoms with E-state index in [1.807, 2.05) is 5.43 Å². The van der Waals surface area contributed by atoms with E-state index in [0.717, 1.165) is 11.0 Å². The molecule has 0 radical (unpaired) electrons. The third-order valence-corrected chi connectivity index (χ3v) is 3.67. The molecule has 0 saturated carbocycles. The molecule has 2 heterocycles. The number of carbonyl (C=O) groups excluding carboxylic acids is 2. The molecule has 0 aromatic heterocycles. The molecule has 2 aliphatic rings. The van der Waals surface area contributed by atoms with Gasteiger partial charge in [0, 0.05) is 6.54 Å². The number of nitrogens with one attached hydrogen (secondary N) is 1. The Kier molecular flexibility index (Phi) is 3.95. The number of allylic oxidation sites excluding steroid dienone is 1. The Labute approximate surface area is 118 Å². The molecule has 2 atom stereocenters. The molecule has 0 aromatic carbocycles. The normalized spacial score (nSPS) is 32.3. The number of aliphatic hydroxyl groups is 1. The van der Waals surface area contributed by atoms with Crippen LogP contribution in [0.5, 0.6) is 0 Å². The van der Waals surface area contributed by atoms with Gasteiger partial charge in [0.05, 0.1) is 12.0 Å². The predicted molar refractivity (Wildman–Crippen MR) is 65.4 cm³/mol. The molecule has 1 amide bonds. The van der Waals surface area contributed by atoms with Crippen LogP contribution in [0.25, 0.3) is 0 Å². The van der Waals surface area contributed by atoms with E-state index in [4.69, 9.17) is 5.84 Å². The van der Waals surface area contributed by atoms with Gasteiger partial charge in [-0.15, -0.1) is 0 Å². The molecule has 0 bridgehead atoms. The molecule has 0 unspecified atom stereocenters. The number of ketones is 1. The number of fused-ring (bicyclic) bond motifs is 1. The first-order chi connectivity index (χ1) is 9.75. The molecule has 2 aliphatic heterocycles. The Hall–Kier alpha value is -2.03. The maximum atomic E-state index is 12.8. The van der Waals surface area contributed by atoms with Crippen LogP contribution < -0.4 is 11.3 Å². The maximum absolute atomic E-state index is 12.8. The van der Waals surface area contributed by atoms with Gasteiger partial charge in [-0.1, -0.05) is 6.08 Å². The quantitative estimate of drug-likeness (QED) is 0.485. The minimum absolute atomic E-state index is 0.134. The number of hydrogen-bond donors (Lipinski definition) is 3. The van der Waals surface area contributed by atoms with E-state index < -0.39 is 41.3 Å². The summed E-state index contributed by atoms with van der Waals surface area (Å²) in [7, 11) is 0. The third kappa shape index (κ3) is 2.87. The number of nitrogens with two attached hydrogens (primary N) is 1. The van der Waals surface area contributed by atoms with Gasteiger partial charge >= 0.3 is 6.18 Å². The summed E-state index contributed by atoms with van der Waals surface area (Å²) < 4.78 is 38.4. The molecule has 9 heteroatoms. The van der Waals surface area contributed by atoms with Crippen LogP contribution in [0.1, 0.15) is 12.8 Å². The fourth-order valence-corrected chi connectivity index (χ4v) is 2.50. The van der Waals surface area contributed by atoms with Gasteiger partial charge in [-0.3, -0.25) is 15.4 Å². The highest BCUT2D eigenvalue weighted by atomic mass is 19.4. The molecule has 1 fully saturated rings. The van der Waals surface area contributed by atoms with Gasteiger partial charge in [0.15, 0.2) is 11.5 Å². The van der Waals surface area contributed by atoms with Crippen molar-refractivity contribution < 1.29 is 27.9 Å². The van der Waals surface area contributed by atoms with Crippen LogP contribution in [0.4, 0.5) is 13.2 Å². The van der Waals surface area contributed by atoms with Crippen molar-refractivity contribution >= 4 is 11.7 Å². The summed E-state index contributed by atoms with van der Waals surface area (Å²) in [5, 5.41) is 9.59. The second kappa shape index (κ2) is 5.40. The van der Waals surface area contributed by atoms with Gasteiger partial charge in [-0.2, -0.15) is 13.2 Å². The average molecular weight is 305 g/mol. The number of carbonyl (C=O) groups is 2. The van der Waals surface area contributed by atoms with E-state index in [9.17, 15) is 27.9 Å². The van der Waals surface area contributed by atoms with Gasteiger partial charge in [0.2, 0.25) is 5.78 Å². The molecular weight excluding hydrogens is 291 g/mol. The topological polar surface area (TPSA) is 95.7 Å². The summed E-state index contributed by atoms with van der Waals surface area (Å²) in [5.74, 6) is 1.05. The van der Waals surface area contributed by atoms with Crippen molar-refractivity contribution in [1.82, 2.24) is 10.3 Å². The smallest absolute Gasteiger partial charge is 0.391 e. The molecule has 2 rings (SSSR count). The van der Waals surface area contributed by atoms with Crippen LogP contribution in [-0.4, -0.2) is 40.5 Å². The average Bonchev–Trinajstić information content (AvgIpc) is 2.42. The van der Waals surface area contributed by atoms with E-state index in [0.29, 0.717) is 0 Å². The lowest BCUT2D eigenvalue weighted by Crippen LogP contribution is -2.51. The first kappa shape index (κ1) is 15.4. The lowest BCUT2D eigenvalue weighted by Gasteiger charge is -2.39. The molecule has 116 valence electrons. The van der Waals surface area contributed by atoms with E-state index >= 15 is 0 Å². The minimum atomic E-state index is -4.34. The minimum Gasteiger partial charge on any atom is -0.503 e. The number of aliphatic hydroxyl groups excluding tert-OH is 1. The zero-order valence-electron chi connectivity index (χ0n) is 10.9. The highest BCUT2D eigenvalue weighted by Crippen LogP contribution is 2.37. The summed E-state index contributed by atoms with van der Waals surface area (Å²) in [4.78, 5) is 24.9. The third-order valence-electron chi connectivity index (χ3n) is 3.67. The van der Waals surface area contributed by atoms with Gasteiger partial charge in [-0.25, -0.2) is 0 Å². The SMILES string of the molecule is NN/C1=C(/O)C(=O)/C=C\[C@@H]2C[C@H](C(F)(F)F)CCN2C1=O. The van der Waals surface area contributed by atoms with E-state index in [1.165, 1.54) is 6.08 Å². The molecule has 0 spiro atoms. The standard InChI is InChI=1S/C12H14F3N3O3/c13-12(14,15)6-3-4-18-7(5-6)1-2-8(19)10(20)9(17-16)11(18)21/h1-2,6-7,17,20H,3-5,16H2/b2-1-,10-9+/t6-,7-/m1/s1. The van der Waals surface area contributed by atoms with Crippen LogP contribution in [0.2, 0.25) is 0 Å². The summed E-state index contributed by atoms with van der Waals surface area (Å²) in [5.41, 5.74) is 1.42. The number of hydrogen-bond acceptors (Lipinski definition) is 5. The Balaban J connectivity index is 2.32. The highest BCUT2D eigenvalue weighted by Gasteiger charge is 2.45. The Morgan fingerprint density at radius 2 is 2.05 bits per heavy atom. The van der Waals surface area contributed by atoms with Gasteiger partial charge in [-0.05, 0) is 18.9 Å². The fraction of sp³-hybridized carbons (Fsp3) is 0.500. The van der Waals surface area contributed by atoms with Crippen LogP contribution >= 0.6 is 0 Å². The van der Waals surface area contributed by atoms with Crippen molar-refractivity contribution in [3.63, 3.8) is 0 Å². The van der Waals surface area contributed by atoms with Gasteiger partial charge in [0.25, 0.3) is 5.91 Å². The monoisotopic (exact) mass is 305 g/mol. The molecule has 6 nitrogen and oxygen atoms in total. The molecular formula is C12H14F3N3O3. The highest BCUT2D eigenvalue weighted by molar-refractivity contribution is 6.09. The van der Waals surface area contributed by atoms with Crippen LogP contribution in [0.3, 0.4) is 0 Å². The molecule has 4 N–H and O–H groups in total. The van der Waals surface area contributed by atoms with Crippen LogP contribution in [-0.2, 0) is 9.59 Å². The molecule has 1 saturated heterocycles. The van der Waals surface area contributed by atoms with Crippen LogP contribution in [0, 0.1) is 5.92 Å². The maximum Gasteiger partial charge on any atom is 0.391 e. The van der Waals surface area contributed by atoms with Gasteiger partial charge < -0.3 is 15.4 Å². The summed E-state index contributed by atoms with van der Waals surface area (Å²) in [6.45, 7) is -0.134. The zero-order valence-corrected chi connectivity index (χ0v) is 10.9. The molecule has 21 heavy (non-hydrogen) atoms. The number of nitrogens with zero attached hydrogens (tertiary/aromatic N) is 1. The first-order valence-corrected chi connectivity index (χ1v) is 6.25. The largest absolute Gasteiger partial charge is 0.503 e. The van der Waals surface area contributed by atoms with Crippen molar-refractivity contribution in [2.75, 3.05) is 6.54 Å². The van der Waals surface area contributed by atoms with Crippen molar-refractivity contribution in [3.8, 4) is 0 Å². The Morgan fingerprint density at radius 3 is 2.62 bits per heavy atom. The van der Waals surface area contributed by atoms with E-state index in [-0.39, 0.29) is 19.4 Å². The number of piperidine rings is 1. The number of rotatable bonds is 1. The van der Waals surface area contributed by atoms with E-state index in [1.54, 1.807) is 0 Å². The van der Waals surface area contributed by atoms with Gasteiger partial charge in [0.1, 0.15) is 0 Å². The Morgan fingerprint density at radius 1 is 1.38 bits per heavy atom. The second-order valence-corrected chi connectivity index (χ2v) is 4.92. The summed E-state index contributed by atoms with van der Waals surface area (Å²) in [6, 6.07) is -0.863. The fourth-order valence-electron chi connectivity index (χ4n) is 2.50. The number of halogens is 3. The zero-order chi connectivity index (χ0) is 15.8. The van der Waals surface area contributed by atoms with Crippen molar-refractivity contribution in [2.45, 2.75) is 25.1 Å². The number of alkyl halides is 3. The number of hydrazine groups is 1. The predicted octanol–water partition coefficient (Wildman–Crippen LogP) is 0.528. The Bertz CT molecular complexity index is 528. The summed E-state index contributed by atoms with van der Waals surface area (Å²) in [6.07, 6.45) is -2.73.